The first-order valence-electron chi connectivity index (χ1n) is 10.6. The van der Waals surface area contributed by atoms with Crippen LogP contribution in [0.25, 0.3) is 5.76 Å². The Kier molecular flexibility index (Phi) is 6.34. The molecule has 1 aliphatic rings. The van der Waals surface area contributed by atoms with Gasteiger partial charge in [-0.25, -0.2) is 0 Å². The van der Waals surface area contributed by atoms with Crippen LogP contribution in [-0.4, -0.2) is 16.8 Å². The van der Waals surface area contributed by atoms with Crippen molar-refractivity contribution in [2.45, 2.75) is 6.04 Å². The number of amides is 1. The van der Waals surface area contributed by atoms with E-state index in [1.165, 1.54) is 28.4 Å². The zero-order chi connectivity index (χ0) is 24.5. The highest BCUT2D eigenvalue weighted by Gasteiger charge is 2.47. The smallest absolute Gasteiger partial charge is 0.300 e. The lowest BCUT2D eigenvalue weighted by Gasteiger charge is -2.24. The monoisotopic (exact) mass is 521 g/mol. The van der Waals surface area contributed by atoms with Gasteiger partial charge in [-0.05, 0) is 66.0 Å². The van der Waals surface area contributed by atoms with Crippen LogP contribution in [0.1, 0.15) is 16.5 Å². The topological polar surface area (TPSA) is 66.8 Å². The van der Waals surface area contributed by atoms with E-state index in [0.29, 0.717) is 27.8 Å². The van der Waals surface area contributed by atoms with Crippen LogP contribution in [0, 0.1) is 0 Å². The van der Waals surface area contributed by atoms with E-state index in [4.69, 9.17) is 27.9 Å². The summed E-state index contributed by atoms with van der Waals surface area (Å²) in [5, 5.41) is 13.5. The fourth-order valence-corrected chi connectivity index (χ4v) is 5.03. The summed E-state index contributed by atoms with van der Waals surface area (Å²) in [6.07, 6.45) is 0. The van der Waals surface area contributed by atoms with E-state index in [1.807, 2.05) is 47.8 Å². The largest absolute Gasteiger partial charge is 0.507 e. The fraction of sp³-hybridized carbons (Fsp3) is 0.0370. The molecule has 1 aliphatic heterocycles. The molecule has 0 spiro atoms. The van der Waals surface area contributed by atoms with Crippen molar-refractivity contribution in [2.75, 3.05) is 4.90 Å². The third kappa shape index (κ3) is 4.44. The van der Waals surface area contributed by atoms with E-state index in [1.54, 1.807) is 30.3 Å². The van der Waals surface area contributed by atoms with Crippen LogP contribution < -0.4 is 9.64 Å². The summed E-state index contributed by atoms with van der Waals surface area (Å²) in [5.74, 6) is -0.564. The molecule has 1 unspecified atom stereocenters. The van der Waals surface area contributed by atoms with Gasteiger partial charge < -0.3 is 9.84 Å². The number of para-hydroxylation sites is 1. The Bertz CT molecular complexity index is 1430. The Morgan fingerprint density at radius 2 is 1.57 bits per heavy atom. The molecule has 1 amide bonds. The molecule has 0 aliphatic carbocycles. The van der Waals surface area contributed by atoms with Gasteiger partial charge in [0.1, 0.15) is 23.3 Å². The predicted octanol–water partition coefficient (Wildman–Crippen LogP) is 7.47. The second kappa shape index (κ2) is 9.58. The molecule has 35 heavy (non-hydrogen) atoms. The predicted molar refractivity (Wildman–Crippen MR) is 139 cm³/mol. The number of benzene rings is 3. The number of ketones is 1. The first-order chi connectivity index (χ1) is 16.9. The highest BCUT2D eigenvalue weighted by molar-refractivity contribution is 7.10. The fourth-order valence-electron chi connectivity index (χ4n) is 3.91. The standard InChI is InChI=1S/C27H17Cl2NO4S/c28-20-13-8-16(15-21(20)29)25(31)23-24(22-7-4-14-35-22)30(27(33)26(23)32)17-9-11-19(12-10-17)34-18-5-2-1-3-6-18/h1-15,24,31H/b25-23-. The molecule has 8 heteroatoms. The Morgan fingerprint density at radius 3 is 2.23 bits per heavy atom. The first-order valence-corrected chi connectivity index (χ1v) is 12.2. The van der Waals surface area contributed by atoms with Gasteiger partial charge in [-0.1, -0.05) is 47.5 Å². The quantitative estimate of drug-likeness (QED) is 0.168. The summed E-state index contributed by atoms with van der Waals surface area (Å²) in [4.78, 5) is 28.5. The number of thiophene rings is 1. The van der Waals surface area contributed by atoms with Crippen molar-refractivity contribution < 1.29 is 19.4 Å². The van der Waals surface area contributed by atoms with Gasteiger partial charge in [-0.2, -0.15) is 0 Å². The highest BCUT2D eigenvalue weighted by atomic mass is 35.5. The summed E-state index contributed by atoms with van der Waals surface area (Å²) in [6.45, 7) is 0. The van der Waals surface area contributed by atoms with Crippen LogP contribution in [0.3, 0.4) is 0 Å². The number of anilines is 1. The minimum Gasteiger partial charge on any atom is -0.507 e. The van der Waals surface area contributed by atoms with Crippen LogP contribution in [0.5, 0.6) is 11.5 Å². The molecule has 1 N–H and O–H groups in total. The SMILES string of the molecule is O=C1C(=O)N(c2ccc(Oc3ccccc3)cc2)C(c2cccs2)/C1=C(/O)c1ccc(Cl)c(Cl)c1. The minimum atomic E-state index is -0.801. The molecule has 1 atom stereocenters. The third-order valence-electron chi connectivity index (χ3n) is 5.54. The molecule has 1 fully saturated rings. The number of carbonyl (C=O) groups is 2. The maximum absolute atomic E-state index is 13.2. The van der Waals surface area contributed by atoms with Crippen molar-refractivity contribution in [3.8, 4) is 11.5 Å². The molecule has 0 radical (unpaired) electrons. The molecule has 5 nitrogen and oxygen atoms in total. The third-order valence-corrected chi connectivity index (χ3v) is 7.21. The van der Waals surface area contributed by atoms with Crippen molar-refractivity contribution in [1.29, 1.82) is 0 Å². The normalized spacial score (nSPS) is 17.1. The lowest BCUT2D eigenvalue weighted by Crippen LogP contribution is -2.29. The Balaban J connectivity index is 1.56. The Labute approximate surface area is 215 Å². The van der Waals surface area contributed by atoms with Gasteiger partial charge in [0.05, 0.1) is 15.6 Å². The molecule has 3 aromatic carbocycles. The molecule has 0 bridgehead atoms. The average Bonchev–Trinajstić information content (AvgIpc) is 3.49. The van der Waals surface area contributed by atoms with Crippen molar-refractivity contribution in [2.24, 2.45) is 0 Å². The summed E-state index contributed by atoms with van der Waals surface area (Å²) >= 11 is 13.5. The van der Waals surface area contributed by atoms with Crippen molar-refractivity contribution in [1.82, 2.24) is 0 Å². The number of hydrogen-bond donors (Lipinski definition) is 1. The number of aliphatic hydroxyl groups is 1. The lowest BCUT2D eigenvalue weighted by atomic mass is 9.99. The highest BCUT2D eigenvalue weighted by Crippen LogP contribution is 2.44. The van der Waals surface area contributed by atoms with Crippen LogP contribution in [0.2, 0.25) is 10.0 Å². The van der Waals surface area contributed by atoms with Gasteiger partial charge in [-0.15, -0.1) is 11.3 Å². The van der Waals surface area contributed by atoms with E-state index in [2.05, 4.69) is 0 Å². The van der Waals surface area contributed by atoms with E-state index in [9.17, 15) is 14.7 Å². The van der Waals surface area contributed by atoms with Gasteiger partial charge >= 0.3 is 0 Å². The molecule has 1 saturated heterocycles. The van der Waals surface area contributed by atoms with E-state index < -0.39 is 17.7 Å². The number of halogens is 2. The second-order valence-corrected chi connectivity index (χ2v) is 9.52. The number of nitrogens with zero attached hydrogens (tertiary/aromatic N) is 1. The van der Waals surface area contributed by atoms with Gasteiger partial charge in [-0.3, -0.25) is 14.5 Å². The zero-order valence-electron chi connectivity index (χ0n) is 18.0. The van der Waals surface area contributed by atoms with E-state index >= 15 is 0 Å². The van der Waals surface area contributed by atoms with Gasteiger partial charge in [0.15, 0.2) is 0 Å². The van der Waals surface area contributed by atoms with Crippen LogP contribution >= 0.6 is 34.5 Å². The van der Waals surface area contributed by atoms with Crippen molar-refractivity contribution in [3.63, 3.8) is 0 Å². The lowest BCUT2D eigenvalue weighted by molar-refractivity contribution is -0.132. The van der Waals surface area contributed by atoms with Crippen molar-refractivity contribution >= 4 is 57.7 Å². The molecular weight excluding hydrogens is 505 g/mol. The van der Waals surface area contributed by atoms with Crippen LogP contribution in [-0.2, 0) is 9.59 Å². The number of ether oxygens (including phenoxy) is 1. The summed E-state index contributed by atoms with van der Waals surface area (Å²) in [6, 6.07) is 23.6. The van der Waals surface area contributed by atoms with Gasteiger partial charge in [0.25, 0.3) is 11.7 Å². The summed E-state index contributed by atoms with van der Waals surface area (Å²) in [7, 11) is 0. The first kappa shape index (κ1) is 23.2. The van der Waals surface area contributed by atoms with Crippen molar-refractivity contribution in [3.05, 3.63) is 116 Å². The number of carbonyl (C=O) groups excluding carboxylic acids is 2. The van der Waals surface area contributed by atoms with E-state index in [0.717, 1.165) is 4.88 Å². The number of hydrogen-bond acceptors (Lipinski definition) is 5. The molecule has 0 saturated carbocycles. The maximum atomic E-state index is 13.2. The summed E-state index contributed by atoms with van der Waals surface area (Å²) < 4.78 is 5.84. The second-order valence-electron chi connectivity index (χ2n) is 7.72. The zero-order valence-corrected chi connectivity index (χ0v) is 20.3. The van der Waals surface area contributed by atoms with Gasteiger partial charge in [0, 0.05) is 16.1 Å². The van der Waals surface area contributed by atoms with Crippen LogP contribution in [0.4, 0.5) is 5.69 Å². The molecular formula is C27H17Cl2NO4S. The Hall–Kier alpha value is -3.58. The molecule has 174 valence electrons. The molecule has 1 aromatic heterocycles. The summed E-state index contributed by atoms with van der Waals surface area (Å²) in [5.41, 5.74) is 0.783. The Morgan fingerprint density at radius 1 is 0.857 bits per heavy atom. The number of rotatable bonds is 5. The molecule has 2 heterocycles. The number of Topliss-reactive ketones (excluding diaryl/α,β-unsaturated/α-hetero) is 1. The van der Waals surface area contributed by atoms with E-state index in [-0.39, 0.29) is 16.4 Å². The molecule has 4 aromatic rings. The van der Waals surface area contributed by atoms with Gasteiger partial charge in [0.2, 0.25) is 0 Å². The number of aliphatic hydroxyl groups excluding tert-OH is 1. The molecule has 5 rings (SSSR count). The maximum Gasteiger partial charge on any atom is 0.300 e. The minimum absolute atomic E-state index is 0.0135. The van der Waals surface area contributed by atoms with Crippen LogP contribution in [0.15, 0.2) is 95.9 Å². The average molecular weight is 522 g/mol.